The molecule has 4 nitrogen and oxygen atoms in total. The Kier molecular flexibility index (Phi) is 4.45. The fraction of sp³-hybridized carbons (Fsp3) is 0.250. The summed E-state index contributed by atoms with van der Waals surface area (Å²) in [5, 5.41) is 5.27. The van der Waals surface area contributed by atoms with Gasteiger partial charge in [0.25, 0.3) is 5.91 Å². The van der Waals surface area contributed by atoms with E-state index in [4.69, 9.17) is 11.6 Å². The zero-order chi connectivity index (χ0) is 15.5. The summed E-state index contributed by atoms with van der Waals surface area (Å²) in [5.41, 5.74) is 0.646. The van der Waals surface area contributed by atoms with Gasteiger partial charge in [-0.05, 0) is 42.5 Å². The lowest BCUT2D eigenvalue weighted by atomic mass is 10.2. The first-order valence-electron chi connectivity index (χ1n) is 7.06. The summed E-state index contributed by atoms with van der Waals surface area (Å²) in [6, 6.07) is 10.2. The zero-order valence-corrected chi connectivity index (χ0v) is 13.4. The predicted octanol–water partition coefficient (Wildman–Crippen LogP) is 3.64. The Hall–Kier alpha value is -1.85. The number of amides is 2. The molecule has 1 aromatic heterocycles. The minimum absolute atomic E-state index is 0.0706. The molecule has 0 radical (unpaired) electrons. The molecule has 1 fully saturated rings. The molecule has 114 valence electrons. The highest BCUT2D eigenvalue weighted by Crippen LogP contribution is 2.24. The van der Waals surface area contributed by atoms with Gasteiger partial charge in [-0.15, -0.1) is 11.3 Å². The number of halogens is 1. The predicted molar refractivity (Wildman–Crippen MR) is 88.5 cm³/mol. The molecule has 1 aromatic carbocycles. The van der Waals surface area contributed by atoms with E-state index in [-0.39, 0.29) is 11.8 Å². The van der Waals surface area contributed by atoms with Gasteiger partial charge >= 0.3 is 0 Å². The zero-order valence-electron chi connectivity index (χ0n) is 11.8. The van der Waals surface area contributed by atoms with Crippen molar-refractivity contribution in [2.75, 3.05) is 11.9 Å². The number of hydrogen-bond acceptors (Lipinski definition) is 3. The van der Waals surface area contributed by atoms with Crippen molar-refractivity contribution in [2.45, 2.75) is 18.9 Å². The van der Waals surface area contributed by atoms with Crippen molar-refractivity contribution in [1.29, 1.82) is 0 Å². The molecular formula is C16H15ClN2O2S. The van der Waals surface area contributed by atoms with E-state index in [1.807, 2.05) is 11.4 Å². The molecule has 22 heavy (non-hydrogen) atoms. The molecule has 2 amide bonds. The highest BCUT2D eigenvalue weighted by atomic mass is 35.5. The minimum Gasteiger partial charge on any atom is -0.326 e. The second-order valence-electron chi connectivity index (χ2n) is 5.13. The van der Waals surface area contributed by atoms with E-state index in [0.29, 0.717) is 28.6 Å². The molecule has 1 atom stereocenters. The van der Waals surface area contributed by atoms with Gasteiger partial charge in [0.05, 0.1) is 4.88 Å². The highest BCUT2D eigenvalue weighted by Gasteiger charge is 2.34. The molecule has 3 rings (SSSR count). The molecule has 1 N–H and O–H groups in total. The first-order chi connectivity index (χ1) is 10.6. The van der Waals surface area contributed by atoms with Gasteiger partial charge in [-0.1, -0.05) is 23.7 Å². The standard InChI is InChI=1S/C16H15ClN2O2S/c17-11-4-1-5-12(10-11)18-15(20)13-6-2-8-19(13)16(21)14-7-3-9-22-14/h1,3-5,7,9-10,13H,2,6,8H2,(H,18,20). The smallest absolute Gasteiger partial charge is 0.264 e. The molecule has 6 heteroatoms. The first-order valence-corrected chi connectivity index (χ1v) is 8.32. The van der Waals surface area contributed by atoms with Crippen LogP contribution in [0.5, 0.6) is 0 Å². The maximum atomic E-state index is 12.5. The molecule has 1 unspecified atom stereocenters. The van der Waals surface area contributed by atoms with Crippen LogP contribution in [0.25, 0.3) is 0 Å². The van der Waals surface area contributed by atoms with Crippen LogP contribution in [0.2, 0.25) is 5.02 Å². The Labute approximate surface area is 137 Å². The Bertz CT molecular complexity index is 687. The lowest BCUT2D eigenvalue weighted by Gasteiger charge is -2.23. The molecular weight excluding hydrogens is 320 g/mol. The van der Waals surface area contributed by atoms with E-state index in [9.17, 15) is 9.59 Å². The van der Waals surface area contributed by atoms with E-state index < -0.39 is 6.04 Å². The fourth-order valence-electron chi connectivity index (χ4n) is 2.62. The van der Waals surface area contributed by atoms with Gasteiger partial charge in [-0.3, -0.25) is 9.59 Å². The lowest BCUT2D eigenvalue weighted by Crippen LogP contribution is -2.42. The van der Waals surface area contributed by atoms with Crippen molar-refractivity contribution in [3.05, 3.63) is 51.7 Å². The number of nitrogens with one attached hydrogen (secondary N) is 1. The van der Waals surface area contributed by atoms with Crippen molar-refractivity contribution in [2.24, 2.45) is 0 Å². The maximum absolute atomic E-state index is 12.5. The topological polar surface area (TPSA) is 49.4 Å². The number of anilines is 1. The number of benzene rings is 1. The fourth-order valence-corrected chi connectivity index (χ4v) is 3.49. The lowest BCUT2D eigenvalue weighted by molar-refractivity contribution is -0.119. The third kappa shape index (κ3) is 3.15. The third-order valence-electron chi connectivity index (χ3n) is 3.64. The minimum atomic E-state index is -0.423. The van der Waals surface area contributed by atoms with Crippen LogP contribution in [0.15, 0.2) is 41.8 Å². The van der Waals surface area contributed by atoms with Crippen LogP contribution in [0, 0.1) is 0 Å². The van der Waals surface area contributed by atoms with Gasteiger partial charge in [-0.25, -0.2) is 0 Å². The van der Waals surface area contributed by atoms with Crippen LogP contribution in [0.1, 0.15) is 22.5 Å². The molecule has 2 aromatic rings. The van der Waals surface area contributed by atoms with Crippen LogP contribution in [-0.4, -0.2) is 29.3 Å². The summed E-state index contributed by atoms with van der Waals surface area (Å²) in [4.78, 5) is 27.3. The Morgan fingerprint density at radius 1 is 1.27 bits per heavy atom. The quantitative estimate of drug-likeness (QED) is 0.931. The molecule has 1 aliphatic rings. The summed E-state index contributed by atoms with van der Waals surface area (Å²) < 4.78 is 0. The highest BCUT2D eigenvalue weighted by molar-refractivity contribution is 7.12. The van der Waals surface area contributed by atoms with Crippen molar-refractivity contribution in [3.63, 3.8) is 0 Å². The van der Waals surface area contributed by atoms with Crippen LogP contribution >= 0.6 is 22.9 Å². The third-order valence-corrected chi connectivity index (χ3v) is 4.73. The van der Waals surface area contributed by atoms with Crippen LogP contribution in [0.4, 0.5) is 5.69 Å². The second kappa shape index (κ2) is 6.50. The largest absolute Gasteiger partial charge is 0.326 e. The number of nitrogens with zero attached hydrogens (tertiary/aromatic N) is 1. The molecule has 1 saturated heterocycles. The van der Waals surface area contributed by atoms with Crippen molar-refractivity contribution in [3.8, 4) is 0 Å². The van der Waals surface area contributed by atoms with Gasteiger partial charge in [-0.2, -0.15) is 0 Å². The Balaban J connectivity index is 1.72. The molecule has 1 aliphatic heterocycles. The van der Waals surface area contributed by atoms with Gasteiger partial charge in [0, 0.05) is 17.3 Å². The van der Waals surface area contributed by atoms with Crippen LogP contribution < -0.4 is 5.32 Å². The van der Waals surface area contributed by atoms with Crippen molar-refractivity contribution < 1.29 is 9.59 Å². The van der Waals surface area contributed by atoms with E-state index in [1.165, 1.54) is 11.3 Å². The van der Waals surface area contributed by atoms with E-state index in [2.05, 4.69) is 5.32 Å². The Morgan fingerprint density at radius 2 is 2.14 bits per heavy atom. The molecule has 2 heterocycles. The van der Waals surface area contributed by atoms with Gasteiger partial charge < -0.3 is 10.2 Å². The first kappa shape index (κ1) is 15.1. The van der Waals surface area contributed by atoms with Gasteiger partial charge in [0.1, 0.15) is 6.04 Å². The van der Waals surface area contributed by atoms with Gasteiger partial charge in [0.15, 0.2) is 0 Å². The monoisotopic (exact) mass is 334 g/mol. The summed E-state index contributed by atoms with van der Waals surface area (Å²) in [6.45, 7) is 0.615. The Morgan fingerprint density at radius 3 is 2.86 bits per heavy atom. The molecule has 0 aliphatic carbocycles. The summed E-state index contributed by atoms with van der Waals surface area (Å²) in [6.07, 6.45) is 1.52. The summed E-state index contributed by atoms with van der Waals surface area (Å²) in [5.74, 6) is -0.233. The molecule has 0 bridgehead atoms. The average Bonchev–Trinajstić information content (AvgIpc) is 3.18. The van der Waals surface area contributed by atoms with Crippen molar-refractivity contribution >= 4 is 40.4 Å². The number of likely N-dealkylation sites (tertiary alicyclic amines) is 1. The maximum Gasteiger partial charge on any atom is 0.264 e. The van der Waals surface area contributed by atoms with E-state index in [1.54, 1.807) is 35.2 Å². The van der Waals surface area contributed by atoms with Crippen molar-refractivity contribution in [1.82, 2.24) is 4.90 Å². The second-order valence-corrected chi connectivity index (χ2v) is 6.52. The van der Waals surface area contributed by atoms with Gasteiger partial charge in [0.2, 0.25) is 5.91 Å². The number of carbonyl (C=O) groups is 2. The molecule has 0 spiro atoms. The van der Waals surface area contributed by atoms with E-state index >= 15 is 0 Å². The average molecular weight is 335 g/mol. The van der Waals surface area contributed by atoms with E-state index in [0.717, 1.165) is 6.42 Å². The number of hydrogen-bond donors (Lipinski definition) is 1. The number of rotatable bonds is 3. The van der Waals surface area contributed by atoms with Crippen LogP contribution in [0.3, 0.4) is 0 Å². The number of thiophene rings is 1. The van der Waals surface area contributed by atoms with Crippen LogP contribution in [-0.2, 0) is 4.79 Å². The SMILES string of the molecule is O=C(Nc1cccc(Cl)c1)C1CCCN1C(=O)c1cccs1. The normalized spacial score (nSPS) is 17.5. The summed E-state index contributed by atoms with van der Waals surface area (Å²) in [7, 11) is 0. The summed E-state index contributed by atoms with van der Waals surface area (Å²) >= 11 is 7.32. The molecule has 0 saturated carbocycles. The number of carbonyl (C=O) groups excluding carboxylic acids is 2.